The molecule has 0 radical (unpaired) electrons. The third-order valence-electron chi connectivity index (χ3n) is 2.70. The third-order valence-corrected chi connectivity index (χ3v) is 2.70. The predicted molar refractivity (Wildman–Crippen MR) is 58.1 cm³/mol. The standard InChI is InChI=1S/C12H13FO4/c1-7(12(14)15)10-8(13)3-4-9-11(10)17-6-2-5-16-9/h3-4,7H,2,5-6H2,1H3,(H,14,15). The lowest BCUT2D eigenvalue weighted by molar-refractivity contribution is -0.138. The summed E-state index contributed by atoms with van der Waals surface area (Å²) in [6, 6.07) is 2.68. The van der Waals surface area contributed by atoms with Gasteiger partial charge < -0.3 is 14.6 Å². The highest BCUT2D eigenvalue weighted by molar-refractivity contribution is 5.77. The topological polar surface area (TPSA) is 55.8 Å². The van der Waals surface area contributed by atoms with Crippen LogP contribution in [0, 0.1) is 5.82 Å². The molecule has 0 spiro atoms. The minimum absolute atomic E-state index is 0.0527. The van der Waals surface area contributed by atoms with Gasteiger partial charge in [0.2, 0.25) is 0 Å². The van der Waals surface area contributed by atoms with E-state index < -0.39 is 17.7 Å². The number of aliphatic carboxylic acids is 1. The van der Waals surface area contributed by atoms with Crippen LogP contribution >= 0.6 is 0 Å². The number of carbonyl (C=O) groups is 1. The number of carboxylic acids is 1. The maximum Gasteiger partial charge on any atom is 0.310 e. The lowest BCUT2D eigenvalue weighted by Crippen LogP contribution is -2.12. The zero-order valence-corrected chi connectivity index (χ0v) is 9.40. The maximum atomic E-state index is 13.7. The van der Waals surface area contributed by atoms with Crippen LogP contribution in [0.3, 0.4) is 0 Å². The Morgan fingerprint density at radius 3 is 2.82 bits per heavy atom. The number of ether oxygens (including phenoxy) is 2. The Morgan fingerprint density at radius 2 is 2.12 bits per heavy atom. The molecule has 0 saturated heterocycles. The normalized spacial score (nSPS) is 16.1. The van der Waals surface area contributed by atoms with Crippen molar-refractivity contribution in [2.45, 2.75) is 19.3 Å². The number of hydrogen-bond donors (Lipinski definition) is 1. The van der Waals surface area contributed by atoms with Crippen molar-refractivity contribution in [1.29, 1.82) is 0 Å². The average molecular weight is 240 g/mol. The van der Waals surface area contributed by atoms with Crippen molar-refractivity contribution >= 4 is 5.97 Å². The van der Waals surface area contributed by atoms with Gasteiger partial charge in [-0.25, -0.2) is 4.39 Å². The molecule has 0 fully saturated rings. The number of carboxylic acid groups (broad SMARTS) is 1. The van der Waals surface area contributed by atoms with Gasteiger partial charge in [0.05, 0.1) is 19.1 Å². The quantitative estimate of drug-likeness (QED) is 0.860. The molecule has 1 atom stereocenters. The first-order valence-corrected chi connectivity index (χ1v) is 5.42. The van der Waals surface area contributed by atoms with E-state index in [4.69, 9.17) is 14.6 Å². The number of halogens is 1. The highest BCUT2D eigenvalue weighted by Gasteiger charge is 2.26. The molecule has 0 aliphatic carbocycles. The Labute approximate surface area is 98.0 Å². The van der Waals surface area contributed by atoms with Gasteiger partial charge in [0.1, 0.15) is 5.82 Å². The van der Waals surface area contributed by atoms with Crippen molar-refractivity contribution in [3.05, 3.63) is 23.5 Å². The largest absolute Gasteiger partial charge is 0.490 e. The van der Waals surface area contributed by atoms with Gasteiger partial charge in [-0.3, -0.25) is 4.79 Å². The van der Waals surface area contributed by atoms with E-state index in [0.29, 0.717) is 25.4 Å². The van der Waals surface area contributed by atoms with Gasteiger partial charge in [-0.2, -0.15) is 0 Å². The van der Waals surface area contributed by atoms with Crippen molar-refractivity contribution in [1.82, 2.24) is 0 Å². The molecule has 0 saturated carbocycles. The van der Waals surface area contributed by atoms with Gasteiger partial charge in [-0.1, -0.05) is 0 Å². The van der Waals surface area contributed by atoms with Crippen LogP contribution in [0.15, 0.2) is 12.1 Å². The molecular weight excluding hydrogens is 227 g/mol. The van der Waals surface area contributed by atoms with Crippen molar-refractivity contribution in [2.75, 3.05) is 13.2 Å². The van der Waals surface area contributed by atoms with Crippen LogP contribution in [0.4, 0.5) is 4.39 Å². The zero-order chi connectivity index (χ0) is 12.4. The predicted octanol–water partition coefficient (Wildman–Crippen LogP) is 2.18. The van der Waals surface area contributed by atoms with E-state index in [0.717, 1.165) is 0 Å². The molecule has 1 N–H and O–H groups in total. The zero-order valence-electron chi connectivity index (χ0n) is 9.40. The summed E-state index contributed by atoms with van der Waals surface area (Å²) in [6.07, 6.45) is 0.692. The maximum absolute atomic E-state index is 13.7. The highest BCUT2D eigenvalue weighted by atomic mass is 19.1. The molecule has 1 unspecified atom stereocenters. The average Bonchev–Trinajstić information content (AvgIpc) is 2.53. The molecule has 1 aliphatic heterocycles. The number of benzene rings is 1. The summed E-state index contributed by atoms with van der Waals surface area (Å²) in [5.74, 6) is -2.01. The Hall–Kier alpha value is -1.78. The molecule has 1 heterocycles. The van der Waals surface area contributed by atoms with Crippen LogP contribution in [0.5, 0.6) is 11.5 Å². The molecule has 4 nitrogen and oxygen atoms in total. The number of hydrogen-bond acceptors (Lipinski definition) is 3. The molecule has 1 aromatic rings. The van der Waals surface area contributed by atoms with E-state index in [-0.39, 0.29) is 11.3 Å². The van der Waals surface area contributed by atoms with Crippen LogP contribution in [0.2, 0.25) is 0 Å². The second kappa shape index (κ2) is 4.61. The minimum atomic E-state index is -1.09. The molecule has 1 aliphatic rings. The van der Waals surface area contributed by atoms with Crippen LogP contribution < -0.4 is 9.47 Å². The Kier molecular flexibility index (Phi) is 3.17. The molecule has 0 amide bonds. The lowest BCUT2D eigenvalue weighted by Gasteiger charge is -2.15. The Balaban J connectivity index is 2.52. The van der Waals surface area contributed by atoms with Gasteiger partial charge in [-0.15, -0.1) is 0 Å². The molecule has 0 aromatic heterocycles. The van der Waals surface area contributed by atoms with E-state index >= 15 is 0 Å². The van der Waals surface area contributed by atoms with Gasteiger partial charge in [0.25, 0.3) is 0 Å². The van der Waals surface area contributed by atoms with Crippen molar-refractivity contribution < 1.29 is 23.8 Å². The van der Waals surface area contributed by atoms with Gasteiger partial charge >= 0.3 is 5.97 Å². The third kappa shape index (κ3) is 2.18. The molecule has 2 rings (SSSR count). The number of rotatable bonds is 2. The summed E-state index contributed by atoms with van der Waals surface area (Å²) in [7, 11) is 0. The summed E-state index contributed by atoms with van der Waals surface area (Å²) in [5.41, 5.74) is 0.0527. The molecular formula is C12H13FO4. The molecule has 1 aromatic carbocycles. The summed E-state index contributed by atoms with van der Waals surface area (Å²) >= 11 is 0. The van der Waals surface area contributed by atoms with Crippen LogP contribution in [-0.4, -0.2) is 24.3 Å². The van der Waals surface area contributed by atoms with E-state index in [2.05, 4.69) is 0 Å². The fourth-order valence-corrected chi connectivity index (χ4v) is 1.76. The minimum Gasteiger partial charge on any atom is -0.490 e. The smallest absolute Gasteiger partial charge is 0.310 e. The van der Waals surface area contributed by atoms with E-state index in [1.54, 1.807) is 0 Å². The summed E-state index contributed by atoms with van der Waals surface area (Å²) in [5, 5.41) is 8.97. The van der Waals surface area contributed by atoms with E-state index in [1.165, 1.54) is 19.1 Å². The first kappa shape index (κ1) is 11.7. The van der Waals surface area contributed by atoms with Crippen LogP contribution in [0.1, 0.15) is 24.8 Å². The second-order valence-electron chi connectivity index (χ2n) is 3.90. The lowest BCUT2D eigenvalue weighted by atomic mass is 9.99. The van der Waals surface area contributed by atoms with Crippen molar-refractivity contribution in [3.63, 3.8) is 0 Å². The monoisotopic (exact) mass is 240 g/mol. The summed E-state index contributed by atoms with van der Waals surface area (Å²) in [4.78, 5) is 11.0. The molecule has 5 heteroatoms. The fraction of sp³-hybridized carbons (Fsp3) is 0.417. The van der Waals surface area contributed by atoms with E-state index in [1.807, 2.05) is 0 Å². The number of fused-ring (bicyclic) bond motifs is 1. The van der Waals surface area contributed by atoms with Crippen molar-refractivity contribution in [2.24, 2.45) is 0 Å². The summed E-state index contributed by atoms with van der Waals surface area (Å²) in [6.45, 7) is 2.31. The SMILES string of the molecule is CC(C(=O)O)c1c(F)ccc2c1OCCCO2. The first-order chi connectivity index (χ1) is 8.11. The Morgan fingerprint density at radius 1 is 1.41 bits per heavy atom. The van der Waals surface area contributed by atoms with Crippen molar-refractivity contribution in [3.8, 4) is 11.5 Å². The van der Waals surface area contributed by atoms with Crippen LogP contribution in [0.25, 0.3) is 0 Å². The van der Waals surface area contributed by atoms with Gasteiger partial charge in [0.15, 0.2) is 11.5 Å². The fourth-order valence-electron chi connectivity index (χ4n) is 1.76. The molecule has 17 heavy (non-hydrogen) atoms. The Bertz CT molecular complexity index is 444. The molecule has 92 valence electrons. The summed E-state index contributed by atoms with van der Waals surface area (Å²) < 4.78 is 24.5. The highest BCUT2D eigenvalue weighted by Crippen LogP contribution is 2.39. The van der Waals surface area contributed by atoms with Gasteiger partial charge in [-0.05, 0) is 19.1 Å². The second-order valence-corrected chi connectivity index (χ2v) is 3.90. The van der Waals surface area contributed by atoms with Gasteiger partial charge in [0, 0.05) is 12.0 Å². The van der Waals surface area contributed by atoms with E-state index in [9.17, 15) is 9.18 Å². The van der Waals surface area contributed by atoms with Crippen LogP contribution in [-0.2, 0) is 4.79 Å². The first-order valence-electron chi connectivity index (χ1n) is 5.42. The molecule has 0 bridgehead atoms.